The maximum absolute atomic E-state index is 12.2. The van der Waals surface area contributed by atoms with Gasteiger partial charge in [0, 0.05) is 19.3 Å². The average Bonchev–Trinajstić information content (AvgIpc) is 2.20. The standard InChI is InChI=1S/C11H18N2O3S/c1-8(14)7-13(3)17(15,16)11-6-4-5-10(12)9(11)2/h4-6,8,14H,7,12H2,1-3H3. The highest BCUT2D eigenvalue weighted by atomic mass is 32.2. The predicted octanol–water partition coefficient (Wildman–Crippen LogP) is 0.579. The van der Waals surface area contributed by atoms with Gasteiger partial charge in [-0.2, -0.15) is 4.31 Å². The van der Waals surface area contributed by atoms with Gasteiger partial charge in [-0.25, -0.2) is 8.42 Å². The molecular weight excluding hydrogens is 240 g/mol. The van der Waals surface area contributed by atoms with E-state index in [2.05, 4.69) is 0 Å². The Labute approximate surface area is 102 Å². The minimum absolute atomic E-state index is 0.0522. The SMILES string of the molecule is Cc1c(N)cccc1S(=O)(=O)N(C)CC(C)O. The lowest BCUT2D eigenvalue weighted by atomic mass is 10.2. The lowest BCUT2D eigenvalue weighted by Gasteiger charge is -2.20. The van der Waals surface area contributed by atoms with E-state index < -0.39 is 16.1 Å². The molecule has 0 spiro atoms. The van der Waals surface area contributed by atoms with Crippen molar-refractivity contribution in [2.75, 3.05) is 19.3 Å². The molecule has 3 N–H and O–H groups in total. The summed E-state index contributed by atoms with van der Waals surface area (Å²) < 4.78 is 25.5. The van der Waals surface area contributed by atoms with Gasteiger partial charge < -0.3 is 10.8 Å². The van der Waals surface area contributed by atoms with Crippen LogP contribution in [-0.2, 0) is 10.0 Å². The number of rotatable bonds is 4. The van der Waals surface area contributed by atoms with E-state index in [0.29, 0.717) is 11.3 Å². The van der Waals surface area contributed by atoms with Gasteiger partial charge in [0.25, 0.3) is 0 Å². The molecule has 0 aromatic heterocycles. The van der Waals surface area contributed by atoms with Gasteiger partial charge in [0.1, 0.15) is 0 Å². The van der Waals surface area contributed by atoms with Crippen LogP contribution < -0.4 is 5.73 Å². The van der Waals surface area contributed by atoms with E-state index in [1.165, 1.54) is 20.0 Å². The molecule has 6 heteroatoms. The molecule has 1 aromatic carbocycles. The molecule has 0 radical (unpaired) electrons. The zero-order chi connectivity index (χ0) is 13.2. The molecule has 0 saturated heterocycles. The van der Waals surface area contributed by atoms with E-state index in [9.17, 15) is 13.5 Å². The van der Waals surface area contributed by atoms with Crippen LogP contribution >= 0.6 is 0 Å². The summed E-state index contributed by atoms with van der Waals surface area (Å²) in [6.07, 6.45) is -0.712. The Morgan fingerprint density at radius 3 is 2.59 bits per heavy atom. The Kier molecular flexibility index (Phi) is 4.13. The highest BCUT2D eigenvalue weighted by Crippen LogP contribution is 2.23. The lowest BCUT2D eigenvalue weighted by Crippen LogP contribution is -2.33. The van der Waals surface area contributed by atoms with Crippen molar-refractivity contribution in [3.05, 3.63) is 23.8 Å². The average molecular weight is 258 g/mol. The minimum atomic E-state index is -3.59. The van der Waals surface area contributed by atoms with Crippen LogP contribution in [0.5, 0.6) is 0 Å². The number of benzene rings is 1. The van der Waals surface area contributed by atoms with Crippen molar-refractivity contribution in [1.29, 1.82) is 0 Å². The summed E-state index contributed by atoms with van der Waals surface area (Å²) in [5, 5.41) is 9.23. The van der Waals surface area contributed by atoms with Gasteiger partial charge in [0.2, 0.25) is 10.0 Å². The first-order chi connectivity index (χ1) is 7.76. The van der Waals surface area contributed by atoms with Gasteiger partial charge in [-0.05, 0) is 31.5 Å². The molecule has 1 atom stereocenters. The van der Waals surface area contributed by atoms with Gasteiger partial charge >= 0.3 is 0 Å². The highest BCUT2D eigenvalue weighted by molar-refractivity contribution is 7.89. The molecule has 0 amide bonds. The Morgan fingerprint density at radius 1 is 1.47 bits per heavy atom. The van der Waals surface area contributed by atoms with Crippen LogP contribution in [0.2, 0.25) is 0 Å². The number of hydrogen-bond donors (Lipinski definition) is 2. The first-order valence-electron chi connectivity index (χ1n) is 5.26. The van der Waals surface area contributed by atoms with E-state index in [1.807, 2.05) is 0 Å². The van der Waals surface area contributed by atoms with Crippen LogP contribution in [0.4, 0.5) is 5.69 Å². The van der Waals surface area contributed by atoms with E-state index >= 15 is 0 Å². The number of aliphatic hydroxyl groups is 1. The molecule has 0 fully saturated rings. The molecule has 0 saturated carbocycles. The first-order valence-corrected chi connectivity index (χ1v) is 6.70. The molecule has 96 valence electrons. The zero-order valence-electron chi connectivity index (χ0n) is 10.2. The number of likely N-dealkylation sites (N-methyl/N-ethyl adjacent to an activating group) is 1. The first kappa shape index (κ1) is 14.0. The molecule has 0 aliphatic carbocycles. The van der Waals surface area contributed by atoms with Crippen LogP contribution in [0, 0.1) is 6.92 Å². The number of anilines is 1. The third kappa shape index (κ3) is 2.96. The molecular formula is C11H18N2O3S. The van der Waals surface area contributed by atoms with Gasteiger partial charge in [-0.1, -0.05) is 6.07 Å². The van der Waals surface area contributed by atoms with Gasteiger partial charge in [-0.3, -0.25) is 0 Å². The van der Waals surface area contributed by atoms with Crippen molar-refractivity contribution in [2.45, 2.75) is 24.8 Å². The molecule has 1 unspecified atom stereocenters. The van der Waals surface area contributed by atoms with Gasteiger partial charge in [0.05, 0.1) is 11.0 Å². The van der Waals surface area contributed by atoms with Crippen molar-refractivity contribution >= 4 is 15.7 Å². The normalized spacial score (nSPS) is 13.9. The van der Waals surface area contributed by atoms with Crippen molar-refractivity contribution in [3.8, 4) is 0 Å². The summed E-state index contributed by atoms with van der Waals surface area (Å²) >= 11 is 0. The number of hydrogen-bond acceptors (Lipinski definition) is 4. The Morgan fingerprint density at radius 2 is 2.06 bits per heavy atom. The zero-order valence-corrected chi connectivity index (χ0v) is 11.0. The fraction of sp³-hybridized carbons (Fsp3) is 0.455. The number of nitrogen functional groups attached to an aromatic ring is 1. The van der Waals surface area contributed by atoms with E-state index in [0.717, 1.165) is 4.31 Å². The predicted molar refractivity (Wildman–Crippen MR) is 67.1 cm³/mol. The maximum atomic E-state index is 12.2. The second-order valence-corrected chi connectivity index (χ2v) is 6.12. The summed E-state index contributed by atoms with van der Waals surface area (Å²) in [6.45, 7) is 3.26. The number of nitrogens with two attached hydrogens (primary N) is 1. The van der Waals surface area contributed by atoms with Crippen molar-refractivity contribution in [2.24, 2.45) is 0 Å². The molecule has 1 rings (SSSR count). The molecule has 0 aliphatic rings. The minimum Gasteiger partial charge on any atom is -0.398 e. The van der Waals surface area contributed by atoms with Crippen LogP contribution in [0.1, 0.15) is 12.5 Å². The fourth-order valence-electron chi connectivity index (χ4n) is 1.55. The number of nitrogens with zero attached hydrogens (tertiary/aromatic N) is 1. The quantitative estimate of drug-likeness (QED) is 0.774. The summed E-state index contributed by atoms with van der Waals surface area (Å²) in [6, 6.07) is 4.77. The second kappa shape index (κ2) is 5.03. The summed E-state index contributed by atoms with van der Waals surface area (Å²) in [5.74, 6) is 0. The molecule has 1 aromatic rings. The number of aliphatic hydroxyl groups excluding tert-OH is 1. The van der Waals surface area contributed by atoms with Crippen LogP contribution in [0.3, 0.4) is 0 Å². The molecule has 17 heavy (non-hydrogen) atoms. The van der Waals surface area contributed by atoms with Crippen molar-refractivity contribution in [3.63, 3.8) is 0 Å². The van der Waals surface area contributed by atoms with Gasteiger partial charge in [0.15, 0.2) is 0 Å². The van der Waals surface area contributed by atoms with Gasteiger partial charge in [-0.15, -0.1) is 0 Å². The molecule has 5 nitrogen and oxygen atoms in total. The second-order valence-electron chi connectivity index (χ2n) is 4.10. The lowest BCUT2D eigenvalue weighted by molar-refractivity contribution is 0.171. The van der Waals surface area contributed by atoms with Crippen molar-refractivity contribution < 1.29 is 13.5 Å². The smallest absolute Gasteiger partial charge is 0.243 e. The van der Waals surface area contributed by atoms with Crippen LogP contribution in [-0.4, -0.2) is 37.5 Å². The Bertz CT molecular complexity index is 497. The summed E-state index contributed by atoms with van der Waals surface area (Å²) in [5.41, 5.74) is 6.66. The topological polar surface area (TPSA) is 83.6 Å². The van der Waals surface area contributed by atoms with Crippen molar-refractivity contribution in [1.82, 2.24) is 4.31 Å². The summed E-state index contributed by atoms with van der Waals surface area (Å²) in [7, 11) is -2.16. The number of sulfonamides is 1. The Hall–Kier alpha value is -1.11. The third-order valence-corrected chi connectivity index (χ3v) is 4.50. The molecule has 0 bridgehead atoms. The highest BCUT2D eigenvalue weighted by Gasteiger charge is 2.24. The van der Waals surface area contributed by atoms with Crippen LogP contribution in [0.15, 0.2) is 23.1 Å². The van der Waals surface area contributed by atoms with E-state index in [-0.39, 0.29) is 11.4 Å². The largest absolute Gasteiger partial charge is 0.398 e. The molecule has 0 heterocycles. The Balaban J connectivity index is 3.18. The van der Waals surface area contributed by atoms with E-state index in [1.54, 1.807) is 19.1 Å². The fourth-order valence-corrected chi connectivity index (χ4v) is 3.05. The molecule has 0 aliphatic heterocycles. The monoisotopic (exact) mass is 258 g/mol. The van der Waals surface area contributed by atoms with Crippen LogP contribution in [0.25, 0.3) is 0 Å². The van der Waals surface area contributed by atoms with E-state index in [4.69, 9.17) is 5.73 Å². The third-order valence-electron chi connectivity index (χ3n) is 2.54. The maximum Gasteiger partial charge on any atom is 0.243 e. The summed E-state index contributed by atoms with van der Waals surface area (Å²) in [4.78, 5) is 0.181.